The molecule has 0 aromatic carbocycles. The van der Waals surface area contributed by atoms with E-state index in [1.807, 2.05) is 33.3 Å². The predicted octanol–water partition coefficient (Wildman–Crippen LogP) is 16.9. The molecule has 408 valence electrons. The first-order valence-electron chi connectivity index (χ1n) is 29.1. The Bertz CT molecular complexity index is 1390. The molecule has 0 fully saturated rings. The Labute approximate surface area is 432 Å². The fourth-order valence-electron chi connectivity index (χ4n) is 8.16. The van der Waals surface area contributed by atoms with Crippen molar-refractivity contribution in [2.75, 3.05) is 40.9 Å². The zero-order chi connectivity index (χ0) is 51.5. The number of rotatable bonds is 52. The normalized spacial score (nSPS) is 14.2. The molecule has 0 bridgehead atoms. The van der Waals surface area contributed by atoms with Crippen molar-refractivity contribution in [2.24, 2.45) is 0 Å². The number of esters is 1. The molecular formula is C60H111N2O7P. The third-order valence-electron chi connectivity index (χ3n) is 12.7. The summed E-state index contributed by atoms with van der Waals surface area (Å²) < 4.78 is 30.2. The van der Waals surface area contributed by atoms with E-state index in [4.69, 9.17) is 13.8 Å². The van der Waals surface area contributed by atoms with Crippen LogP contribution >= 0.6 is 7.82 Å². The number of unbranched alkanes of at least 4 members (excludes halogenated alkanes) is 28. The van der Waals surface area contributed by atoms with E-state index in [0.717, 1.165) is 64.2 Å². The number of hydrogen-bond acceptors (Lipinski definition) is 7. The number of likely N-dealkylation sites (N-methyl/N-ethyl adjacent to an activating group) is 1. The fraction of sp³-hybridized carbons (Fsp3) is 0.800. The molecule has 70 heavy (non-hydrogen) atoms. The number of ether oxygens (including phenoxy) is 1. The van der Waals surface area contributed by atoms with Crippen LogP contribution in [-0.4, -0.2) is 69.4 Å². The molecule has 0 aliphatic rings. The van der Waals surface area contributed by atoms with E-state index >= 15 is 0 Å². The second kappa shape index (κ2) is 50.3. The summed E-state index contributed by atoms with van der Waals surface area (Å²) in [7, 11) is 1.16. The molecule has 0 aromatic rings. The topological polar surface area (TPSA) is 114 Å². The van der Waals surface area contributed by atoms with E-state index in [2.05, 4.69) is 74.7 Å². The SMILES string of the molecule is CCCCC/C=C\C/C=C\C/C=C\C/C=C\CCCC(=O)OC(/C=C/CCCCCCCCCCCC)C(COP(=O)([O-])OCC[N+](C)(C)C)NC(=O)CCCCCCCCCCCCCCCCC. The van der Waals surface area contributed by atoms with Gasteiger partial charge in [-0.25, -0.2) is 0 Å². The summed E-state index contributed by atoms with van der Waals surface area (Å²) in [5.74, 6) is -0.602. The van der Waals surface area contributed by atoms with Gasteiger partial charge in [0.2, 0.25) is 5.91 Å². The Morgan fingerprint density at radius 2 is 0.886 bits per heavy atom. The quantitative estimate of drug-likeness (QED) is 0.0212. The molecule has 0 radical (unpaired) electrons. The van der Waals surface area contributed by atoms with Crippen LogP contribution in [0.4, 0.5) is 0 Å². The van der Waals surface area contributed by atoms with Gasteiger partial charge in [-0.1, -0.05) is 236 Å². The fourth-order valence-corrected chi connectivity index (χ4v) is 8.88. The maximum absolute atomic E-state index is 13.5. The molecule has 0 saturated carbocycles. The van der Waals surface area contributed by atoms with Crippen molar-refractivity contribution in [2.45, 2.75) is 270 Å². The van der Waals surface area contributed by atoms with E-state index in [0.29, 0.717) is 23.9 Å². The number of phosphoric acid groups is 1. The van der Waals surface area contributed by atoms with Crippen LogP contribution in [-0.2, 0) is 27.9 Å². The number of carbonyl (C=O) groups excluding carboxylic acids is 2. The zero-order valence-electron chi connectivity index (χ0n) is 46.5. The number of hydrogen-bond donors (Lipinski definition) is 1. The third-order valence-corrected chi connectivity index (χ3v) is 13.7. The van der Waals surface area contributed by atoms with E-state index in [-0.39, 0.29) is 18.9 Å². The van der Waals surface area contributed by atoms with Crippen molar-refractivity contribution in [3.63, 3.8) is 0 Å². The summed E-state index contributed by atoms with van der Waals surface area (Å²) in [6.07, 6.45) is 61.9. The van der Waals surface area contributed by atoms with Gasteiger partial charge in [0.25, 0.3) is 7.82 Å². The molecule has 0 aliphatic heterocycles. The molecular weight excluding hydrogens is 892 g/mol. The highest BCUT2D eigenvalue weighted by atomic mass is 31.2. The number of carbonyl (C=O) groups is 2. The van der Waals surface area contributed by atoms with E-state index < -0.39 is 32.5 Å². The molecule has 0 heterocycles. The van der Waals surface area contributed by atoms with Crippen LogP contribution in [0.5, 0.6) is 0 Å². The van der Waals surface area contributed by atoms with Gasteiger partial charge in [-0.15, -0.1) is 0 Å². The van der Waals surface area contributed by atoms with Crippen LogP contribution in [0.2, 0.25) is 0 Å². The van der Waals surface area contributed by atoms with Gasteiger partial charge in [0.15, 0.2) is 0 Å². The maximum atomic E-state index is 13.5. The van der Waals surface area contributed by atoms with Gasteiger partial charge in [-0.3, -0.25) is 14.2 Å². The second-order valence-electron chi connectivity index (χ2n) is 20.8. The summed E-state index contributed by atoms with van der Waals surface area (Å²) in [6.45, 7) is 6.78. The second-order valence-corrected chi connectivity index (χ2v) is 22.2. The molecule has 0 aliphatic carbocycles. The van der Waals surface area contributed by atoms with Crippen LogP contribution in [0.15, 0.2) is 60.8 Å². The molecule has 3 unspecified atom stereocenters. The van der Waals surface area contributed by atoms with Crippen LogP contribution in [0, 0.1) is 0 Å². The summed E-state index contributed by atoms with van der Waals surface area (Å²) in [5.41, 5.74) is 0. The predicted molar refractivity (Wildman–Crippen MR) is 298 cm³/mol. The van der Waals surface area contributed by atoms with E-state index in [9.17, 15) is 19.0 Å². The average Bonchev–Trinajstić information content (AvgIpc) is 3.32. The minimum Gasteiger partial charge on any atom is -0.756 e. The van der Waals surface area contributed by atoms with Crippen molar-refractivity contribution in [3.05, 3.63) is 60.8 Å². The number of quaternary nitrogens is 1. The third kappa shape index (κ3) is 50.6. The monoisotopic (exact) mass is 1000 g/mol. The molecule has 10 heteroatoms. The summed E-state index contributed by atoms with van der Waals surface area (Å²) >= 11 is 0. The Hall–Kier alpha value is -2.29. The van der Waals surface area contributed by atoms with Gasteiger partial charge in [0.1, 0.15) is 19.3 Å². The average molecular weight is 1000 g/mol. The first-order chi connectivity index (χ1) is 33.9. The van der Waals surface area contributed by atoms with Crippen LogP contribution in [0.25, 0.3) is 0 Å². The van der Waals surface area contributed by atoms with E-state index in [1.54, 1.807) is 0 Å². The number of phosphoric ester groups is 1. The first-order valence-corrected chi connectivity index (χ1v) is 30.6. The lowest BCUT2D eigenvalue weighted by atomic mass is 10.0. The highest BCUT2D eigenvalue weighted by molar-refractivity contribution is 7.45. The Morgan fingerprint density at radius 1 is 0.500 bits per heavy atom. The smallest absolute Gasteiger partial charge is 0.306 e. The van der Waals surface area contributed by atoms with Crippen LogP contribution in [0.1, 0.15) is 258 Å². The lowest BCUT2D eigenvalue weighted by Crippen LogP contribution is -2.47. The van der Waals surface area contributed by atoms with Crippen molar-refractivity contribution < 1.29 is 37.3 Å². The number of allylic oxidation sites excluding steroid dienone is 9. The van der Waals surface area contributed by atoms with Crippen LogP contribution in [0.3, 0.4) is 0 Å². The maximum Gasteiger partial charge on any atom is 0.306 e. The highest BCUT2D eigenvalue weighted by Gasteiger charge is 2.27. The summed E-state index contributed by atoms with van der Waals surface area (Å²) in [6, 6.07) is -0.908. The minimum absolute atomic E-state index is 0.0306. The lowest BCUT2D eigenvalue weighted by Gasteiger charge is -2.30. The molecule has 0 saturated heterocycles. The Balaban J connectivity index is 5.42. The summed E-state index contributed by atoms with van der Waals surface area (Å²) in [5, 5.41) is 3.01. The number of amides is 1. The molecule has 1 N–H and O–H groups in total. The van der Waals surface area contributed by atoms with E-state index in [1.165, 1.54) is 154 Å². The lowest BCUT2D eigenvalue weighted by molar-refractivity contribution is -0.870. The van der Waals surface area contributed by atoms with Gasteiger partial charge in [-0.05, 0) is 70.3 Å². The Kier molecular flexibility index (Phi) is 48.6. The molecule has 0 spiro atoms. The number of nitrogens with zero attached hydrogens (tertiary/aromatic N) is 1. The molecule has 1 amide bonds. The van der Waals surface area contributed by atoms with Crippen molar-refractivity contribution >= 4 is 19.7 Å². The van der Waals surface area contributed by atoms with Gasteiger partial charge in [0.05, 0.1) is 33.8 Å². The first kappa shape index (κ1) is 67.7. The molecule has 3 atom stereocenters. The van der Waals surface area contributed by atoms with Gasteiger partial charge < -0.3 is 28.5 Å². The molecule has 0 rings (SSSR count). The van der Waals surface area contributed by atoms with Crippen molar-refractivity contribution in [1.82, 2.24) is 5.32 Å². The van der Waals surface area contributed by atoms with Gasteiger partial charge in [0, 0.05) is 12.8 Å². The number of nitrogens with one attached hydrogen (secondary N) is 1. The minimum atomic E-state index is -4.70. The van der Waals surface area contributed by atoms with Crippen LogP contribution < -0.4 is 10.2 Å². The largest absolute Gasteiger partial charge is 0.756 e. The van der Waals surface area contributed by atoms with Gasteiger partial charge >= 0.3 is 5.97 Å². The zero-order valence-corrected chi connectivity index (χ0v) is 47.4. The standard InChI is InChI=1S/C60H111N2O7P/c1-7-10-13-16-19-22-25-28-30-31-33-35-38-41-44-47-50-53-60(64)69-58(51-48-45-42-39-36-27-24-21-18-15-12-9-3)57(56-68-70(65,66)67-55-54-62(4,5)6)61-59(63)52-49-46-43-40-37-34-32-29-26-23-20-17-14-11-8-2/h19,22,28,30,33,35,41,44,48,51,57-58H,7-18,20-21,23-27,29,31-32,34,36-40,42-43,45-47,49-50,52-56H2,1-6H3,(H-,61,63,65,66)/b22-19-,30-28-,35-33-,44-41-,51-48+. The highest BCUT2D eigenvalue weighted by Crippen LogP contribution is 2.38. The van der Waals surface area contributed by atoms with Crippen molar-refractivity contribution in [1.29, 1.82) is 0 Å². The Morgan fingerprint density at radius 3 is 1.36 bits per heavy atom. The summed E-state index contributed by atoms with van der Waals surface area (Å²) in [4.78, 5) is 39.8. The molecule has 9 nitrogen and oxygen atoms in total. The van der Waals surface area contributed by atoms with Crippen molar-refractivity contribution in [3.8, 4) is 0 Å². The van der Waals surface area contributed by atoms with Gasteiger partial charge in [-0.2, -0.15) is 0 Å². The molecule has 0 aromatic heterocycles.